The van der Waals surface area contributed by atoms with Gasteiger partial charge in [0.2, 0.25) is 5.69 Å². The van der Waals surface area contributed by atoms with Crippen LogP contribution in [0.3, 0.4) is 0 Å². The van der Waals surface area contributed by atoms with E-state index in [-0.39, 0.29) is 24.0 Å². The zero-order valence-corrected chi connectivity index (χ0v) is 16.8. The quantitative estimate of drug-likeness (QED) is 0.347. The molecule has 0 saturated carbocycles. The summed E-state index contributed by atoms with van der Waals surface area (Å²) in [7, 11) is 0. The van der Waals surface area contributed by atoms with Crippen LogP contribution in [-0.4, -0.2) is 9.38 Å². The minimum absolute atomic E-state index is 0. The van der Waals surface area contributed by atoms with Gasteiger partial charge in [0.15, 0.2) is 11.7 Å². The summed E-state index contributed by atoms with van der Waals surface area (Å²) in [5.74, 6) is 0. The van der Waals surface area contributed by atoms with Gasteiger partial charge in [-0.2, -0.15) is 4.57 Å². The highest BCUT2D eigenvalue weighted by molar-refractivity contribution is 5.81. The van der Waals surface area contributed by atoms with Gasteiger partial charge in [-0.1, -0.05) is 37.1 Å². The average Bonchev–Trinajstić information content (AvgIpc) is 2.97. The van der Waals surface area contributed by atoms with E-state index in [1.165, 1.54) is 29.7 Å². The van der Waals surface area contributed by atoms with E-state index in [2.05, 4.69) is 77.7 Å². The maximum Gasteiger partial charge on any atom is 0.214 e. The van der Waals surface area contributed by atoms with Gasteiger partial charge in [-0.15, -0.1) is 0 Å². The molecular weight excluding hydrogens is 421 g/mol. The number of halogens is 1. The number of nitrogens with zero attached hydrogens (tertiary/aromatic N) is 3. The third-order valence-corrected chi connectivity index (χ3v) is 4.56. The first-order valence-corrected chi connectivity index (χ1v) is 8.63. The zero-order valence-electron chi connectivity index (χ0n) is 14.6. The van der Waals surface area contributed by atoms with E-state index in [4.69, 9.17) is 4.98 Å². The number of pyridine rings is 2. The van der Waals surface area contributed by atoms with Gasteiger partial charge in [0.1, 0.15) is 12.2 Å². The molecule has 3 aromatic heterocycles. The Labute approximate surface area is 165 Å². The Bertz CT molecular complexity index is 1000. The van der Waals surface area contributed by atoms with Crippen molar-refractivity contribution in [2.75, 3.05) is 0 Å². The molecule has 0 atom stereocenters. The van der Waals surface area contributed by atoms with Gasteiger partial charge < -0.3 is 24.0 Å². The van der Waals surface area contributed by atoms with Crippen molar-refractivity contribution in [1.82, 2.24) is 9.38 Å². The summed E-state index contributed by atoms with van der Waals surface area (Å²) < 4.78 is 4.51. The zero-order chi connectivity index (χ0) is 16.5. The van der Waals surface area contributed by atoms with Crippen molar-refractivity contribution < 1.29 is 28.5 Å². The lowest BCUT2D eigenvalue weighted by Crippen LogP contribution is -3.00. The monoisotopic (exact) mass is 443 g/mol. The van der Waals surface area contributed by atoms with Crippen molar-refractivity contribution in [3.8, 4) is 11.3 Å². The van der Waals surface area contributed by atoms with Crippen LogP contribution in [0.1, 0.15) is 25.3 Å². The number of imidazole rings is 1. The van der Waals surface area contributed by atoms with Crippen LogP contribution in [0, 0.1) is 6.92 Å². The Morgan fingerprint density at radius 2 is 1.88 bits per heavy atom. The number of hydrogen-bond donors (Lipinski definition) is 0. The fraction of sp³-hybridized carbons (Fsp3) is 0.238. The number of benzene rings is 1. The average molecular weight is 443 g/mol. The third kappa shape index (κ3) is 3.40. The molecule has 4 rings (SSSR count). The number of aromatic nitrogens is 3. The number of hydrogen-bond acceptors (Lipinski definition) is 1. The lowest BCUT2D eigenvalue weighted by molar-refractivity contribution is -0.685. The number of aryl methyl sites for hydroxylation is 2. The Kier molecular flexibility index (Phi) is 5.37. The number of rotatable bonds is 4. The van der Waals surface area contributed by atoms with Crippen molar-refractivity contribution in [3.05, 3.63) is 66.5 Å². The van der Waals surface area contributed by atoms with Crippen molar-refractivity contribution in [1.29, 1.82) is 0 Å². The molecule has 0 fully saturated rings. The van der Waals surface area contributed by atoms with E-state index in [0.29, 0.717) is 0 Å². The van der Waals surface area contributed by atoms with Crippen LogP contribution in [-0.2, 0) is 6.54 Å². The molecule has 0 aliphatic heterocycles. The van der Waals surface area contributed by atoms with Crippen LogP contribution in [0.5, 0.6) is 0 Å². The van der Waals surface area contributed by atoms with Crippen molar-refractivity contribution in [2.45, 2.75) is 33.2 Å². The van der Waals surface area contributed by atoms with Crippen LogP contribution < -0.4 is 28.5 Å². The molecule has 0 aliphatic rings. The molecular formula is C21H22IN3. The highest BCUT2D eigenvalue weighted by Gasteiger charge is 2.17. The first kappa shape index (κ1) is 17.9. The molecule has 0 amide bonds. The number of unbranched alkanes of at least 4 members (excludes halogenated alkanes) is 1. The fourth-order valence-corrected chi connectivity index (χ4v) is 3.19. The van der Waals surface area contributed by atoms with Gasteiger partial charge in [-0.25, -0.2) is 4.98 Å². The summed E-state index contributed by atoms with van der Waals surface area (Å²) in [6.07, 6.45) is 6.64. The molecule has 0 saturated heterocycles. The van der Waals surface area contributed by atoms with Crippen molar-refractivity contribution in [3.63, 3.8) is 0 Å². The van der Waals surface area contributed by atoms with Gasteiger partial charge in [-0.3, -0.25) is 4.40 Å². The van der Waals surface area contributed by atoms with Gasteiger partial charge in [0, 0.05) is 24.2 Å². The number of fused-ring (bicyclic) bond motifs is 3. The molecule has 25 heavy (non-hydrogen) atoms. The van der Waals surface area contributed by atoms with Crippen LogP contribution >= 0.6 is 0 Å². The SMILES string of the molecule is CCCC[n+]1cc2nc3ccccn3c2cc1-c1ccc(C)cc1.[I-]. The van der Waals surface area contributed by atoms with E-state index < -0.39 is 0 Å². The molecule has 0 unspecified atom stereocenters. The van der Waals surface area contributed by atoms with Gasteiger partial charge in [0.05, 0.1) is 5.52 Å². The maximum atomic E-state index is 4.77. The molecule has 128 valence electrons. The Morgan fingerprint density at radius 1 is 1.08 bits per heavy atom. The van der Waals surface area contributed by atoms with Crippen molar-refractivity contribution >= 4 is 16.7 Å². The molecule has 0 spiro atoms. The molecule has 0 radical (unpaired) electrons. The van der Waals surface area contributed by atoms with E-state index >= 15 is 0 Å². The van der Waals surface area contributed by atoms with Crippen LogP contribution in [0.25, 0.3) is 27.9 Å². The molecule has 3 heterocycles. The molecule has 1 aromatic carbocycles. The first-order valence-electron chi connectivity index (χ1n) is 8.63. The van der Waals surface area contributed by atoms with Gasteiger partial charge >= 0.3 is 0 Å². The van der Waals surface area contributed by atoms with Crippen LogP contribution in [0.15, 0.2) is 60.9 Å². The summed E-state index contributed by atoms with van der Waals surface area (Å²) in [6.45, 7) is 5.38. The third-order valence-electron chi connectivity index (χ3n) is 4.56. The molecule has 4 aromatic rings. The summed E-state index contributed by atoms with van der Waals surface area (Å²) in [4.78, 5) is 4.77. The largest absolute Gasteiger partial charge is 1.00 e. The molecule has 0 N–H and O–H groups in total. The Hall–Kier alpha value is -1.95. The van der Waals surface area contributed by atoms with E-state index in [1.807, 2.05) is 6.07 Å². The Morgan fingerprint density at radius 3 is 2.64 bits per heavy atom. The smallest absolute Gasteiger partial charge is 0.214 e. The second-order valence-corrected chi connectivity index (χ2v) is 6.38. The second kappa shape index (κ2) is 7.52. The Balaban J connectivity index is 0.00000182. The van der Waals surface area contributed by atoms with Crippen molar-refractivity contribution in [2.24, 2.45) is 0 Å². The standard InChI is InChI=1S/C21H22N3.HI/c1-3-4-12-23-15-18-20(24-13-6-5-7-21(24)22-18)14-19(23)17-10-8-16(2)9-11-17;/h5-11,13-15H,3-4,12H2,1-2H3;1H/q+1;/p-1. The lowest BCUT2D eigenvalue weighted by Gasteiger charge is -2.05. The summed E-state index contributed by atoms with van der Waals surface area (Å²) in [6, 6.07) is 17.2. The summed E-state index contributed by atoms with van der Waals surface area (Å²) in [5.41, 5.74) is 7.00. The predicted octanol–water partition coefficient (Wildman–Crippen LogP) is 1.55. The highest BCUT2D eigenvalue weighted by Crippen LogP contribution is 2.22. The van der Waals surface area contributed by atoms with Crippen LogP contribution in [0.4, 0.5) is 0 Å². The minimum atomic E-state index is 0. The summed E-state index contributed by atoms with van der Waals surface area (Å²) in [5, 5.41) is 0. The topological polar surface area (TPSA) is 21.2 Å². The van der Waals surface area contributed by atoms with E-state index in [9.17, 15) is 0 Å². The van der Waals surface area contributed by atoms with Crippen LogP contribution in [0.2, 0.25) is 0 Å². The minimum Gasteiger partial charge on any atom is -1.00 e. The molecule has 3 nitrogen and oxygen atoms in total. The van der Waals surface area contributed by atoms with E-state index in [0.717, 1.165) is 23.2 Å². The highest BCUT2D eigenvalue weighted by atomic mass is 127. The fourth-order valence-electron chi connectivity index (χ4n) is 3.19. The molecule has 4 heteroatoms. The first-order chi connectivity index (χ1) is 11.8. The second-order valence-electron chi connectivity index (χ2n) is 6.38. The maximum absolute atomic E-state index is 4.77. The molecule has 0 bridgehead atoms. The van der Waals surface area contributed by atoms with E-state index in [1.54, 1.807) is 0 Å². The summed E-state index contributed by atoms with van der Waals surface area (Å²) >= 11 is 0. The normalized spacial score (nSPS) is 11.0. The van der Waals surface area contributed by atoms with Gasteiger partial charge in [0.25, 0.3) is 0 Å². The molecule has 0 aliphatic carbocycles. The predicted molar refractivity (Wildman–Crippen MR) is 98.0 cm³/mol. The van der Waals surface area contributed by atoms with Gasteiger partial charge in [-0.05, 0) is 31.2 Å². The lowest BCUT2D eigenvalue weighted by atomic mass is 10.1.